The molecule has 1 heterocycles. The predicted molar refractivity (Wildman–Crippen MR) is 207 cm³/mol. The highest BCUT2D eigenvalue weighted by molar-refractivity contribution is 5.86. The van der Waals surface area contributed by atoms with E-state index in [1.807, 2.05) is 68.4 Å². The largest absolute Gasteiger partial charge is 0.388 e. The highest BCUT2D eigenvalue weighted by Gasteiger charge is 2.23. The molecule has 49 heavy (non-hydrogen) atoms. The average Bonchev–Trinajstić information content (AvgIpc) is 3.49. The molecular weight excluding hydrogens is 612 g/mol. The highest BCUT2D eigenvalue weighted by Crippen LogP contribution is 2.40. The van der Waals surface area contributed by atoms with Crippen LogP contribution in [0.2, 0.25) is 0 Å². The van der Waals surface area contributed by atoms with Gasteiger partial charge >= 0.3 is 0 Å². The van der Waals surface area contributed by atoms with E-state index in [0.717, 1.165) is 68.6 Å². The lowest BCUT2D eigenvalue weighted by Gasteiger charge is -2.17. The number of hydrogen-bond acceptors (Lipinski definition) is 7. The molecular formula is C39H50N8O2. The standard InChI is InChI=1S/C35H38N6O.C2H5NO.C2H7N/c1-24-31(36-2)20-28(21-32(24)37-23-42)35-38-33(26-12-16-29(17-13-26)39(3)4)34(27-14-18-30(19-15-27)40(5)6)41(35)22-25-10-8-7-9-11-25;1-3-2-4;1-3-2/h7-21,23,36H,22H2,1-6H3,(H,37,42);2H,1H3,(H,3,4);3H,1-2H3. The maximum Gasteiger partial charge on any atom is 0.211 e. The Labute approximate surface area is 291 Å². The highest BCUT2D eigenvalue weighted by atomic mass is 16.1. The van der Waals surface area contributed by atoms with Crippen molar-refractivity contribution in [2.24, 2.45) is 0 Å². The van der Waals surface area contributed by atoms with E-state index in [4.69, 9.17) is 9.78 Å². The van der Waals surface area contributed by atoms with Gasteiger partial charge in [0.15, 0.2) is 0 Å². The lowest BCUT2D eigenvalue weighted by molar-refractivity contribution is -0.109. The fourth-order valence-corrected chi connectivity index (χ4v) is 5.24. The van der Waals surface area contributed by atoms with E-state index in [1.165, 1.54) is 5.56 Å². The molecule has 0 aliphatic rings. The Hall–Kier alpha value is -5.61. The van der Waals surface area contributed by atoms with Crippen molar-refractivity contribution < 1.29 is 9.59 Å². The second kappa shape index (κ2) is 18.7. The van der Waals surface area contributed by atoms with Crippen LogP contribution < -0.4 is 31.1 Å². The first-order chi connectivity index (χ1) is 23.6. The van der Waals surface area contributed by atoms with Crippen molar-refractivity contribution in [2.75, 3.05) is 76.8 Å². The molecule has 10 heteroatoms. The molecule has 0 saturated carbocycles. The molecule has 0 atom stereocenters. The summed E-state index contributed by atoms with van der Waals surface area (Å²) in [5.41, 5.74) is 11.0. The van der Waals surface area contributed by atoms with Crippen LogP contribution in [-0.4, -0.2) is 78.8 Å². The van der Waals surface area contributed by atoms with Crippen molar-refractivity contribution in [2.45, 2.75) is 13.5 Å². The molecule has 5 rings (SSSR count). The molecule has 5 aromatic rings. The van der Waals surface area contributed by atoms with Crippen LogP contribution in [0.5, 0.6) is 0 Å². The van der Waals surface area contributed by atoms with Gasteiger partial charge in [0.1, 0.15) is 5.82 Å². The van der Waals surface area contributed by atoms with Gasteiger partial charge < -0.3 is 35.6 Å². The van der Waals surface area contributed by atoms with Gasteiger partial charge in [0.25, 0.3) is 0 Å². The first-order valence-corrected chi connectivity index (χ1v) is 16.1. The molecule has 0 spiro atoms. The molecule has 2 amide bonds. The van der Waals surface area contributed by atoms with Gasteiger partial charge in [-0.15, -0.1) is 0 Å². The molecule has 1 aromatic heterocycles. The fraction of sp³-hybridized carbons (Fsp3) is 0.256. The van der Waals surface area contributed by atoms with Crippen LogP contribution in [0.25, 0.3) is 33.9 Å². The maximum atomic E-state index is 11.5. The van der Waals surface area contributed by atoms with Crippen LogP contribution in [0.3, 0.4) is 0 Å². The van der Waals surface area contributed by atoms with Crippen molar-refractivity contribution in [3.05, 3.63) is 102 Å². The Bertz CT molecular complexity index is 1760. The monoisotopic (exact) mass is 662 g/mol. The number of rotatable bonds is 11. The number of anilines is 4. The number of imidazole rings is 1. The van der Waals surface area contributed by atoms with E-state index in [0.29, 0.717) is 13.0 Å². The van der Waals surface area contributed by atoms with Crippen molar-refractivity contribution in [3.63, 3.8) is 0 Å². The van der Waals surface area contributed by atoms with Crippen molar-refractivity contribution >= 4 is 35.6 Å². The molecule has 10 nitrogen and oxygen atoms in total. The van der Waals surface area contributed by atoms with E-state index < -0.39 is 0 Å². The Morgan fingerprint density at radius 2 is 1.20 bits per heavy atom. The zero-order valence-corrected chi connectivity index (χ0v) is 30.1. The normalized spacial score (nSPS) is 10.1. The van der Waals surface area contributed by atoms with Crippen molar-refractivity contribution in [1.82, 2.24) is 20.2 Å². The SMILES string of the molecule is CNC.CNC=O.CNc1cc(-c2nc(-c3ccc(N(C)C)cc3)c(-c3ccc(N(C)C)cc3)n2Cc2ccccc2)cc(NC=O)c1C. The van der Waals surface area contributed by atoms with E-state index in [1.54, 1.807) is 7.05 Å². The number of aromatic nitrogens is 2. The third-order valence-corrected chi connectivity index (χ3v) is 7.73. The minimum absolute atomic E-state index is 0.625. The molecule has 0 aliphatic carbocycles. The van der Waals surface area contributed by atoms with E-state index >= 15 is 0 Å². The number of carbonyl (C=O) groups excluding carboxylic acids is 2. The van der Waals surface area contributed by atoms with Gasteiger partial charge in [-0.05, 0) is 68.5 Å². The Morgan fingerprint density at radius 3 is 1.67 bits per heavy atom. The summed E-state index contributed by atoms with van der Waals surface area (Å²) in [6, 6.07) is 31.7. The second-order valence-corrected chi connectivity index (χ2v) is 11.7. The molecule has 0 unspecified atom stereocenters. The van der Waals surface area contributed by atoms with Crippen LogP contribution >= 0.6 is 0 Å². The topological polar surface area (TPSA) is 107 Å². The van der Waals surface area contributed by atoms with Crippen molar-refractivity contribution in [3.8, 4) is 33.9 Å². The van der Waals surface area contributed by atoms with Gasteiger partial charge in [-0.2, -0.15) is 0 Å². The van der Waals surface area contributed by atoms with Crippen LogP contribution in [-0.2, 0) is 16.1 Å². The minimum Gasteiger partial charge on any atom is -0.388 e. The Kier molecular flexibility index (Phi) is 14.4. The third-order valence-electron chi connectivity index (χ3n) is 7.73. The van der Waals surface area contributed by atoms with Crippen LogP contribution in [0.1, 0.15) is 11.1 Å². The molecule has 258 valence electrons. The molecule has 0 fully saturated rings. The second-order valence-electron chi connectivity index (χ2n) is 11.7. The van der Waals surface area contributed by atoms with Gasteiger partial charge in [0, 0.05) is 88.3 Å². The summed E-state index contributed by atoms with van der Waals surface area (Å²) in [7, 11) is 15.4. The number of amides is 2. The zero-order chi connectivity index (χ0) is 35.9. The summed E-state index contributed by atoms with van der Waals surface area (Å²) in [6.45, 7) is 2.62. The van der Waals surface area contributed by atoms with Crippen LogP contribution in [0.15, 0.2) is 91.0 Å². The van der Waals surface area contributed by atoms with Gasteiger partial charge in [0.05, 0.1) is 11.4 Å². The summed E-state index contributed by atoms with van der Waals surface area (Å²) in [4.78, 5) is 30.1. The number of benzene rings is 4. The van der Waals surface area contributed by atoms with E-state index in [-0.39, 0.29) is 0 Å². The lowest BCUT2D eigenvalue weighted by atomic mass is 10.0. The van der Waals surface area contributed by atoms with Gasteiger partial charge in [-0.1, -0.05) is 54.6 Å². The zero-order valence-electron chi connectivity index (χ0n) is 30.1. The molecule has 4 N–H and O–H groups in total. The summed E-state index contributed by atoms with van der Waals surface area (Å²) in [5.74, 6) is 0.822. The van der Waals surface area contributed by atoms with Gasteiger partial charge in [0.2, 0.25) is 12.8 Å². The number of nitrogens with one attached hydrogen (secondary N) is 4. The number of hydrogen-bond donors (Lipinski definition) is 4. The first kappa shape index (κ1) is 37.8. The lowest BCUT2D eigenvalue weighted by Crippen LogP contribution is -2.08. The Morgan fingerprint density at radius 1 is 0.694 bits per heavy atom. The number of carbonyl (C=O) groups is 2. The fourth-order valence-electron chi connectivity index (χ4n) is 5.24. The summed E-state index contributed by atoms with van der Waals surface area (Å²) >= 11 is 0. The maximum absolute atomic E-state index is 11.5. The van der Waals surface area contributed by atoms with Crippen LogP contribution in [0.4, 0.5) is 22.7 Å². The first-order valence-electron chi connectivity index (χ1n) is 16.1. The van der Waals surface area contributed by atoms with Gasteiger partial charge in [-0.3, -0.25) is 9.59 Å². The number of nitrogens with zero attached hydrogens (tertiary/aromatic N) is 4. The van der Waals surface area contributed by atoms with Crippen molar-refractivity contribution in [1.29, 1.82) is 0 Å². The predicted octanol–water partition coefficient (Wildman–Crippen LogP) is 6.18. The molecule has 0 aliphatic heterocycles. The molecule has 0 bridgehead atoms. The third kappa shape index (κ3) is 9.71. The summed E-state index contributed by atoms with van der Waals surface area (Å²) < 4.78 is 2.30. The van der Waals surface area contributed by atoms with Crippen LogP contribution in [0, 0.1) is 6.92 Å². The summed E-state index contributed by atoms with van der Waals surface area (Å²) in [6.07, 6.45) is 1.34. The van der Waals surface area contributed by atoms with E-state index in [2.05, 4.69) is 114 Å². The molecule has 4 aromatic carbocycles. The quantitative estimate of drug-likeness (QED) is 0.125. The molecule has 0 saturated heterocycles. The Balaban J connectivity index is 0.000000852. The summed E-state index contributed by atoms with van der Waals surface area (Å²) in [5, 5.41) is 11.2. The van der Waals surface area contributed by atoms with E-state index in [9.17, 15) is 4.79 Å². The molecule has 0 radical (unpaired) electrons. The minimum atomic E-state index is 0.625. The average molecular weight is 663 g/mol. The van der Waals surface area contributed by atoms with Gasteiger partial charge in [-0.25, -0.2) is 4.98 Å². The smallest absolute Gasteiger partial charge is 0.211 e.